The molecule has 1 rings (SSSR count). The van der Waals surface area contributed by atoms with E-state index in [4.69, 9.17) is 10.9 Å². The van der Waals surface area contributed by atoms with E-state index in [9.17, 15) is 8.42 Å². The van der Waals surface area contributed by atoms with Gasteiger partial charge in [-0.1, -0.05) is 35.5 Å². The second-order valence-corrected chi connectivity index (χ2v) is 6.94. The topological polar surface area (TPSA) is 105 Å². The van der Waals surface area contributed by atoms with Crippen molar-refractivity contribution in [2.45, 2.75) is 12.3 Å². The predicted octanol–water partition coefficient (Wildman–Crippen LogP) is 0.541. The average Bonchev–Trinajstić information content (AvgIpc) is 2.42. The van der Waals surface area contributed by atoms with Crippen LogP contribution in [0.1, 0.15) is 17.9 Å². The van der Waals surface area contributed by atoms with Gasteiger partial charge in [-0.3, -0.25) is 0 Å². The van der Waals surface area contributed by atoms with Crippen molar-refractivity contribution >= 4 is 15.7 Å². The van der Waals surface area contributed by atoms with Gasteiger partial charge in [0.15, 0.2) is 0 Å². The SMILES string of the molecule is CS(=O)(=O)CCCNCC(C(N)=NO)c1ccccc1. The number of benzene rings is 1. The molecule has 0 spiro atoms. The van der Waals surface area contributed by atoms with Gasteiger partial charge in [-0.25, -0.2) is 8.42 Å². The average molecular weight is 299 g/mol. The molecule has 0 heterocycles. The molecule has 1 unspecified atom stereocenters. The molecule has 0 aliphatic heterocycles. The molecule has 0 bridgehead atoms. The van der Waals surface area contributed by atoms with Crippen molar-refractivity contribution in [1.82, 2.24) is 5.32 Å². The Labute approximate surface area is 119 Å². The lowest BCUT2D eigenvalue weighted by atomic mass is 9.98. The number of nitrogens with zero attached hydrogens (tertiary/aromatic N) is 1. The van der Waals surface area contributed by atoms with E-state index in [0.717, 1.165) is 5.56 Å². The third-order valence-corrected chi connectivity index (χ3v) is 3.92. The molecule has 0 fully saturated rings. The monoisotopic (exact) mass is 299 g/mol. The highest BCUT2D eigenvalue weighted by Gasteiger charge is 2.15. The molecule has 0 aliphatic carbocycles. The van der Waals surface area contributed by atoms with E-state index in [2.05, 4.69) is 10.5 Å². The van der Waals surface area contributed by atoms with Crippen LogP contribution in [0.15, 0.2) is 35.5 Å². The Kier molecular flexibility index (Phi) is 6.47. The Bertz CT molecular complexity index is 529. The maximum absolute atomic E-state index is 11.0. The number of sulfone groups is 1. The number of amidine groups is 1. The van der Waals surface area contributed by atoms with Gasteiger partial charge >= 0.3 is 0 Å². The zero-order chi connectivity index (χ0) is 15.0. The van der Waals surface area contributed by atoms with Crippen LogP contribution in [0.2, 0.25) is 0 Å². The first-order valence-corrected chi connectivity index (χ1v) is 8.41. The van der Waals surface area contributed by atoms with Crippen molar-refractivity contribution in [2.75, 3.05) is 25.1 Å². The van der Waals surface area contributed by atoms with Crippen LogP contribution in [0.3, 0.4) is 0 Å². The first-order valence-electron chi connectivity index (χ1n) is 6.35. The normalized spacial score (nSPS) is 14.2. The molecule has 0 aromatic heterocycles. The summed E-state index contributed by atoms with van der Waals surface area (Å²) in [4.78, 5) is 0. The van der Waals surface area contributed by atoms with E-state index in [1.807, 2.05) is 30.3 Å². The first-order chi connectivity index (χ1) is 9.44. The number of nitrogens with one attached hydrogen (secondary N) is 1. The molecule has 0 aliphatic rings. The van der Waals surface area contributed by atoms with Crippen LogP contribution in [0.5, 0.6) is 0 Å². The lowest BCUT2D eigenvalue weighted by Gasteiger charge is -2.16. The molecule has 4 N–H and O–H groups in total. The first kappa shape index (κ1) is 16.5. The van der Waals surface area contributed by atoms with Gasteiger partial charge in [-0.2, -0.15) is 0 Å². The lowest BCUT2D eigenvalue weighted by Crippen LogP contribution is -2.32. The Morgan fingerprint density at radius 1 is 1.40 bits per heavy atom. The van der Waals surface area contributed by atoms with E-state index >= 15 is 0 Å². The fourth-order valence-corrected chi connectivity index (χ4v) is 2.52. The van der Waals surface area contributed by atoms with Crippen molar-refractivity contribution < 1.29 is 13.6 Å². The zero-order valence-corrected chi connectivity index (χ0v) is 12.3. The summed E-state index contributed by atoms with van der Waals surface area (Å²) in [5.74, 6) is 0.0470. The number of hydrogen-bond acceptors (Lipinski definition) is 5. The van der Waals surface area contributed by atoms with Crippen molar-refractivity contribution in [2.24, 2.45) is 10.9 Å². The van der Waals surface area contributed by atoms with Gasteiger partial charge in [0.2, 0.25) is 0 Å². The zero-order valence-electron chi connectivity index (χ0n) is 11.5. The fourth-order valence-electron chi connectivity index (χ4n) is 1.85. The van der Waals surface area contributed by atoms with Crippen molar-refractivity contribution in [1.29, 1.82) is 0 Å². The Morgan fingerprint density at radius 2 is 2.05 bits per heavy atom. The molecule has 1 atom stereocenters. The molecule has 6 nitrogen and oxygen atoms in total. The minimum Gasteiger partial charge on any atom is -0.409 e. The Hall–Kier alpha value is -1.60. The molecule has 20 heavy (non-hydrogen) atoms. The van der Waals surface area contributed by atoms with E-state index in [0.29, 0.717) is 19.5 Å². The summed E-state index contributed by atoms with van der Waals surface area (Å²) in [5, 5.41) is 15.0. The van der Waals surface area contributed by atoms with E-state index < -0.39 is 9.84 Å². The van der Waals surface area contributed by atoms with Crippen LogP contribution < -0.4 is 11.1 Å². The fraction of sp³-hybridized carbons (Fsp3) is 0.462. The van der Waals surface area contributed by atoms with Gasteiger partial charge in [0, 0.05) is 12.8 Å². The molecule has 0 radical (unpaired) electrons. The molecular formula is C13H21N3O3S. The number of nitrogens with two attached hydrogens (primary N) is 1. The Balaban J connectivity index is 2.51. The summed E-state index contributed by atoms with van der Waals surface area (Å²) < 4.78 is 22.0. The molecule has 0 saturated carbocycles. The summed E-state index contributed by atoms with van der Waals surface area (Å²) in [5.41, 5.74) is 6.64. The molecule has 7 heteroatoms. The second kappa shape index (κ2) is 7.86. The van der Waals surface area contributed by atoms with Gasteiger partial charge in [0.25, 0.3) is 0 Å². The maximum Gasteiger partial charge on any atom is 0.147 e. The molecule has 0 amide bonds. The van der Waals surface area contributed by atoms with Gasteiger partial charge in [-0.05, 0) is 18.5 Å². The molecular weight excluding hydrogens is 278 g/mol. The summed E-state index contributed by atoms with van der Waals surface area (Å²) >= 11 is 0. The molecule has 1 aromatic carbocycles. The van der Waals surface area contributed by atoms with Gasteiger partial charge in [-0.15, -0.1) is 0 Å². The molecule has 0 saturated heterocycles. The predicted molar refractivity (Wildman–Crippen MR) is 79.8 cm³/mol. The van der Waals surface area contributed by atoms with Crippen molar-refractivity contribution in [3.05, 3.63) is 35.9 Å². The van der Waals surface area contributed by atoms with E-state index in [-0.39, 0.29) is 17.5 Å². The number of hydrogen-bond donors (Lipinski definition) is 3. The van der Waals surface area contributed by atoms with Crippen LogP contribution in [0, 0.1) is 0 Å². The van der Waals surface area contributed by atoms with Crippen LogP contribution in [-0.2, 0) is 9.84 Å². The highest BCUT2D eigenvalue weighted by atomic mass is 32.2. The van der Waals surface area contributed by atoms with Gasteiger partial charge < -0.3 is 16.3 Å². The van der Waals surface area contributed by atoms with Crippen molar-refractivity contribution in [3.63, 3.8) is 0 Å². The smallest absolute Gasteiger partial charge is 0.147 e. The maximum atomic E-state index is 11.0. The summed E-state index contributed by atoms with van der Waals surface area (Å²) in [6, 6.07) is 9.47. The quantitative estimate of drug-likeness (QED) is 0.214. The minimum absolute atomic E-state index is 0.131. The third kappa shape index (κ3) is 6.03. The molecule has 1 aromatic rings. The van der Waals surface area contributed by atoms with Crippen LogP contribution in [0.4, 0.5) is 0 Å². The van der Waals surface area contributed by atoms with Gasteiger partial charge in [0.1, 0.15) is 15.7 Å². The summed E-state index contributed by atoms with van der Waals surface area (Å²) in [6.07, 6.45) is 1.76. The lowest BCUT2D eigenvalue weighted by molar-refractivity contribution is 0.315. The van der Waals surface area contributed by atoms with Crippen molar-refractivity contribution in [3.8, 4) is 0 Å². The summed E-state index contributed by atoms with van der Waals surface area (Å²) in [6.45, 7) is 1.05. The van der Waals surface area contributed by atoms with E-state index in [1.54, 1.807) is 0 Å². The van der Waals surface area contributed by atoms with Crippen LogP contribution >= 0.6 is 0 Å². The number of rotatable bonds is 8. The van der Waals surface area contributed by atoms with Gasteiger partial charge in [0.05, 0.1) is 11.7 Å². The standard InChI is InChI=1S/C13H21N3O3S/c1-20(18,19)9-5-8-15-10-12(13(14)16-17)11-6-3-2-4-7-11/h2-4,6-7,12,15,17H,5,8-10H2,1H3,(H2,14,16). The highest BCUT2D eigenvalue weighted by Crippen LogP contribution is 2.14. The highest BCUT2D eigenvalue weighted by molar-refractivity contribution is 7.90. The Morgan fingerprint density at radius 3 is 2.60 bits per heavy atom. The summed E-state index contributed by atoms with van der Waals surface area (Å²) in [7, 11) is -2.93. The largest absolute Gasteiger partial charge is 0.409 e. The van der Waals surface area contributed by atoms with Crippen LogP contribution in [0.25, 0.3) is 0 Å². The minimum atomic E-state index is -2.93. The third-order valence-electron chi connectivity index (χ3n) is 2.89. The second-order valence-electron chi connectivity index (χ2n) is 4.68. The molecule has 112 valence electrons. The number of oxime groups is 1. The van der Waals surface area contributed by atoms with E-state index in [1.165, 1.54) is 6.26 Å². The van der Waals surface area contributed by atoms with Crippen LogP contribution in [-0.4, -0.2) is 44.6 Å².